The highest BCUT2D eigenvalue weighted by atomic mass is 16.5. The van der Waals surface area contributed by atoms with Crippen molar-refractivity contribution in [2.45, 2.75) is 26.0 Å². The Morgan fingerprint density at radius 3 is 2.71 bits per heavy atom. The molecule has 2 rings (SSSR count). The minimum atomic E-state index is 0.350. The van der Waals surface area contributed by atoms with Crippen molar-refractivity contribution in [1.29, 1.82) is 5.26 Å². The Labute approximate surface area is 125 Å². The van der Waals surface area contributed by atoms with Crippen molar-refractivity contribution in [2.24, 2.45) is 0 Å². The number of nitriles is 1. The van der Waals surface area contributed by atoms with Gasteiger partial charge in [-0.3, -0.25) is 0 Å². The summed E-state index contributed by atoms with van der Waals surface area (Å²) in [6.07, 6.45) is 2.59. The summed E-state index contributed by atoms with van der Waals surface area (Å²) in [4.78, 5) is 4.02. The summed E-state index contributed by atoms with van der Waals surface area (Å²) in [6.45, 7) is 2.50. The van der Waals surface area contributed by atoms with Crippen LogP contribution in [0.1, 0.15) is 23.7 Å². The number of ether oxygens (including phenoxy) is 1. The maximum atomic E-state index is 8.99. The maximum Gasteiger partial charge on any atom is 0.147 e. The molecule has 1 atom stereocenters. The average Bonchev–Trinajstić information content (AvgIpc) is 2.54. The topological polar surface area (TPSA) is 57.9 Å². The Morgan fingerprint density at radius 1 is 1.29 bits per heavy atom. The van der Waals surface area contributed by atoms with Gasteiger partial charge in [0.15, 0.2) is 0 Å². The Hall–Kier alpha value is -2.38. The van der Waals surface area contributed by atoms with Crippen LogP contribution in [0.5, 0.6) is 5.75 Å². The van der Waals surface area contributed by atoms with E-state index in [1.165, 1.54) is 5.56 Å². The number of rotatable bonds is 6. The smallest absolute Gasteiger partial charge is 0.147 e. The fourth-order valence-electron chi connectivity index (χ4n) is 1.99. The van der Waals surface area contributed by atoms with Gasteiger partial charge in [0.25, 0.3) is 0 Å². The zero-order valence-corrected chi connectivity index (χ0v) is 12.3. The zero-order valence-electron chi connectivity index (χ0n) is 12.3. The molecule has 0 saturated carbocycles. The Kier molecular flexibility index (Phi) is 5.30. The molecule has 0 aliphatic carbocycles. The summed E-state index contributed by atoms with van der Waals surface area (Å²) in [7, 11) is 1.96. The molecular formula is C17H19N3O. The number of benzene rings is 1. The lowest BCUT2D eigenvalue weighted by atomic mass is 10.1. The molecule has 108 valence electrons. The first-order valence-electron chi connectivity index (χ1n) is 6.96. The van der Waals surface area contributed by atoms with Crippen LogP contribution in [-0.4, -0.2) is 18.1 Å². The first kappa shape index (κ1) is 15.0. The van der Waals surface area contributed by atoms with Gasteiger partial charge >= 0.3 is 0 Å². The second kappa shape index (κ2) is 7.41. The largest absolute Gasteiger partial charge is 0.489 e. The molecule has 1 heterocycles. The van der Waals surface area contributed by atoms with Crippen molar-refractivity contribution in [2.75, 3.05) is 7.05 Å². The molecule has 0 aliphatic rings. The van der Waals surface area contributed by atoms with Crippen molar-refractivity contribution in [1.82, 2.24) is 10.3 Å². The minimum absolute atomic E-state index is 0.350. The molecule has 1 N–H and O–H groups in total. The quantitative estimate of drug-likeness (QED) is 0.884. The first-order valence-corrected chi connectivity index (χ1v) is 6.96. The van der Waals surface area contributed by atoms with Crippen LogP contribution in [-0.2, 0) is 13.0 Å². The lowest BCUT2D eigenvalue weighted by Gasteiger charge is -2.11. The molecule has 0 radical (unpaired) electrons. The molecule has 0 saturated heterocycles. The monoisotopic (exact) mass is 281 g/mol. The summed E-state index contributed by atoms with van der Waals surface area (Å²) >= 11 is 0. The van der Waals surface area contributed by atoms with Gasteiger partial charge in [-0.15, -0.1) is 0 Å². The van der Waals surface area contributed by atoms with Gasteiger partial charge in [-0.1, -0.05) is 18.2 Å². The molecule has 2 aromatic rings. The van der Waals surface area contributed by atoms with E-state index in [2.05, 4.69) is 35.4 Å². The minimum Gasteiger partial charge on any atom is -0.489 e. The molecule has 21 heavy (non-hydrogen) atoms. The third-order valence-electron chi connectivity index (χ3n) is 3.35. The number of hydrogen-bond donors (Lipinski definition) is 1. The van der Waals surface area contributed by atoms with Gasteiger partial charge in [0.2, 0.25) is 0 Å². The fraction of sp³-hybridized carbons (Fsp3) is 0.294. The second-order valence-corrected chi connectivity index (χ2v) is 4.95. The predicted octanol–water partition coefficient (Wildman–Crippen LogP) is 2.68. The third kappa shape index (κ3) is 4.30. The Bertz CT molecular complexity index is 617. The molecule has 0 bridgehead atoms. The molecule has 1 aromatic carbocycles. The lowest BCUT2D eigenvalue weighted by Crippen LogP contribution is -2.23. The summed E-state index contributed by atoms with van der Waals surface area (Å²) in [5.74, 6) is 0.795. The molecule has 4 heteroatoms. The van der Waals surface area contributed by atoms with Crippen LogP contribution < -0.4 is 10.1 Å². The van der Waals surface area contributed by atoms with Gasteiger partial charge in [0.05, 0.1) is 0 Å². The lowest BCUT2D eigenvalue weighted by molar-refractivity contribution is 0.305. The summed E-state index contributed by atoms with van der Waals surface area (Å²) in [5.41, 5.74) is 2.48. The summed E-state index contributed by atoms with van der Waals surface area (Å²) < 4.78 is 5.71. The predicted molar refractivity (Wildman–Crippen MR) is 82.0 cm³/mol. The molecule has 0 aliphatic heterocycles. The van der Waals surface area contributed by atoms with Gasteiger partial charge < -0.3 is 10.1 Å². The van der Waals surface area contributed by atoms with Crippen molar-refractivity contribution in [3.8, 4) is 11.8 Å². The van der Waals surface area contributed by atoms with E-state index in [-0.39, 0.29) is 0 Å². The summed E-state index contributed by atoms with van der Waals surface area (Å²) in [6, 6.07) is 14.2. The van der Waals surface area contributed by atoms with Crippen LogP contribution >= 0.6 is 0 Å². The van der Waals surface area contributed by atoms with Crippen LogP contribution in [0, 0.1) is 11.3 Å². The van der Waals surface area contributed by atoms with Gasteiger partial charge in [-0.05, 0) is 44.2 Å². The van der Waals surface area contributed by atoms with E-state index in [0.717, 1.165) is 17.7 Å². The van der Waals surface area contributed by atoms with Gasteiger partial charge in [0.1, 0.15) is 24.1 Å². The van der Waals surface area contributed by atoms with Gasteiger partial charge in [-0.25, -0.2) is 4.98 Å². The molecule has 0 fully saturated rings. The van der Waals surface area contributed by atoms with E-state index in [0.29, 0.717) is 18.3 Å². The Balaban J connectivity index is 1.96. The molecule has 1 unspecified atom stereocenters. The third-order valence-corrected chi connectivity index (χ3v) is 3.35. The van der Waals surface area contributed by atoms with Crippen molar-refractivity contribution >= 4 is 0 Å². The van der Waals surface area contributed by atoms with Crippen LogP contribution in [0.3, 0.4) is 0 Å². The van der Waals surface area contributed by atoms with E-state index < -0.39 is 0 Å². The van der Waals surface area contributed by atoms with Crippen LogP contribution in [0.2, 0.25) is 0 Å². The average molecular weight is 281 g/mol. The molecule has 4 nitrogen and oxygen atoms in total. The number of nitrogens with one attached hydrogen (secondary N) is 1. The number of nitrogens with zero attached hydrogens (tertiary/aromatic N) is 2. The van der Waals surface area contributed by atoms with Crippen LogP contribution in [0.15, 0.2) is 42.6 Å². The normalized spacial score (nSPS) is 11.7. The number of pyridine rings is 1. The zero-order chi connectivity index (χ0) is 15.1. The summed E-state index contributed by atoms with van der Waals surface area (Å²) in [5, 5.41) is 12.2. The number of hydrogen-bond acceptors (Lipinski definition) is 4. The van der Waals surface area contributed by atoms with E-state index in [9.17, 15) is 0 Å². The molecule has 1 aromatic heterocycles. The molecular weight excluding hydrogens is 262 g/mol. The first-order chi connectivity index (χ1) is 10.2. The van der Waals surface area contributed by atoms with E-state index in [4.69, 9.17) is 10.00 Å². The Morgan fingerprint density at radius 2 is 2.05 bits per heavy atom. The SMILES string of the molecule is CNC(C)Cc1ccc(OCc2cccnc2C#N)cc1. The maximum absolute atomic E-state index is 8.99. The van der Waals surface area contributed by atoms with E-state index in [1.807, 2.05) is 31.3 Å². The van der Waals surface area contributed by atoms with Gasteiger partial charge in [-0.2, -0.15) is 5.26 Å². The fourth-order valence-corrected chi connectivity index (χ4v) is 1.99. The number of likely N-dealkylation sites (N-methyl/N-ethyl adjacent to an activating group) is 1. The van der Waals surface area contributed by atoms with Crippen LogP contribution in [0.25, 0.3) is 0 Å². The second-order valence-electron chi connectivity index (χ2n) is 4.95. The van der Waals surface area contributed by atoms with E-state index in [1.54, 1.807) is 6.20 Å². The van der Waals surface area contributed by atoms with Crippen molar-refractivity contribution in [3.63, 3.8) is 0 Å². The number of aromatic nitrogens is 1. The van der Waals surface area contributed by atoms with Crippen LogP contribution in [0.4, 0.5) is 0 Å². The van der Waals surface area contributed by atoms with Crippen molar-refractivity contribution in [3.05, 3.63) is 59.4 Å². The molecule has 0 amide bonds. The van der Waals surface area contributed by atoms with Gasteiger partial charge in [0, 0.05) is 17.8 Å². The highest BCUT2D eigenvalue weighted by Gasteiger charge is 2.04. The highest BCUT2D eigenvalue weighted by Crippen LogP contribution is 2.16. The van der Waals surface area contributed by atoms with E-state index >= 15 is 0 Å². The molecule has 0 spiro atoms. The highest BCUT2D eigenvalue weighted by molar-refractivity contribution is 5.32. The van der Waals surface area contributed by atoms with Crippen molar-refractivity contribution < 1.29 is 4.74 Å². The standard InChI is InChI=1S/C17H19N3O/c1-13(19-2)10-14-5-7-16(8-6-14)21-12-15-4-3-9-20-17(15)11-18/h3-9,13,19H,10,12H2,1-2H3.